The molecule has 1 amide bonds. The molecule has 1 N–H and O–H groups in total. The Labute approximate surface area is 95.9 Å². The molecule has 1 aromatic carbocycles. The second kappa shape index (κ2) is 6.05. The molecule has 86 valence electrons. The highest BCUT2D eigenvalue weighted by Crippen LogP contribution is 2.18. The van der Waals surface area contributed by atoms with Crippen LogP contribution in [0.1, 0.15) is 31.7 Å². The number of Topliss-reactive ketones (excluding diaryl/α,β-unsaturated/α-hetero) is 1. The first-order valence-corrected chi connectivity index (χ1v) is 5.47. The summed E-state index contributed by atoms with van der Waals surface area (Å²) in [6, 6.07) is 9.61. The third-order valence-electron chi connectivity index (χ3n) is 2.44. The van der Waals surface area contributed by atoms with E-state index < -0.39 is 0 Å². The Kier molecular flexibility index (Phi) is 4.70. The van der Waals surface area contributed by atoms with Gasteiger partial charge in [0.1, 0.15) is 5.78 Å². The predicted octanol–water partition coefficient (Wildman–Crippen LogP) is 1.89. The summed E-state index contributed by atoms with van der Waals surface area (Å²) in [5, 5.41) is 2.64. The van der Waals surface area contributed by atoms with Crippen molar-refractivity contribution >= 4 is 11.7 Å². The minimum Gasteiger partial charge on any atom is -0.349 e. The number of rotatable bonds is 5. The summed E-state index contributed by atoms with van der Waals surface area (Å²) in [6.07, 6.45) is 0.730. The van der Waals surface area contributed by atoms with Gasteiger partial charge < -0.3 is 5.32 Å². The normalized spacial score (nSPS) is 11.9. The Morgan fingerprint density at radius 1 is 1.25 bits per heavy atom. The summed E-state index contributed by atoms with van der Waals surface area (Å²) in [5.41, 5.74) is 0.992. The van der Waals surface area contributed by atoms with E-state index in [1.165, 1.54) is 6.92 Å². The first-order chi connectivity index (χ1) is 7.65. The van der Waals surface area contributed by atoms with Crippen molar-refractivity contribution in [1.82, 2.24) is 5.32 Å². The van der Waals surface area contributed by atoms with Gasteiger partial charge >= 0.3 is 0 Å². The van der Waals surface area contributed by atoms with Crippen LogP contribution in [0.15, 0.2) is 30.3 Å². The Morgan fingerprint density at radius 3 is 2.38 bits per heavy atom. The quantitative estimate of drug-likeness (QED) is 0.822. The van der Waals surface area contributed by atoms with E-state index in [9.17, 15) is 9.59 Å². The molecule has 0 saturated carbocycles. The van der Waals surface area contributed by atoms with Crippen LogP contribution in [-0.2, 0) is 9.59 Å². The van der Waals surface area contributed by atoms with Crippen molar-refractivity contribution in [3.05, 3.63) is 35.9 Å². The van der Waals surface area contributed by atoms with Crippen molar-refractivity contribution in [3.8, 4) is 0 Å². The van der Waals surface area contributed by atoms with Gasteiger partial charge in [-0.15, -0.1) is 0 Å². The zero-order valence-electron chi connectivity index (χ0n) is 9.69. The zero-order valence-corrected chi connectivity index (χ0v) is 9.69. The van der Waals surface area contributed by atoms with Gasteiger partial charge in [0.15, 0.2) is 0 Å². The molecule has 16 heavy (non-hydrogen) atoms. The third-order valence-corrected chi connectivity index (χ3v) is 2.44. The van der Waals surface area contributed by atoms with Gasteiger partial charge in [-0.2, -0.15) is 0 Å². The molecule has 0 aliphatic carbocycles. The number of carbonyl (C=O) groups is 2. The molecule has 1 unspecified atom stereocenters. The van der Waals surface area contributed by atoms with Crippen molar-refractivity contribution in [2.24, 2.45) is 0 Å². The molecule has 1 atom stereocenters. The average molecular weight is 219 g/mol. The summed E-state index contributed by atoms with van der Waals surface area (Å²) in [5.74, 6) is -0.277. The molecule has 0 aliphatic heterocycles. The van der Waals surface area contributed by atoms with Gasteiger partial charge in [-0.05, 0) is 18.9 Å². The van der Waals surface area contributed by atoms with Crippen LogP contribution in [0.5, 0.6) is 0 Å². The summed E-state index contributed by atoms with van der Waals surface area (Å²) < 4.78 is 0. The van der Waals surface area contributed by atoms with Crippen molar-refractivity contribution < 1.29 is 9.59 Å². The van der Waals surface area contributed by atoms with Crippen LogP contribution in [0.3, 0.4) is 0 Å². The smallest absolute Gasteiger partial charge is 0.227 e. The molecule has 0 spiro atoms. The fraction of sp³-hybridized carbons (Fsp3) is 0.385. The molecule has 0 bridgehead atoms. The monoisotopic (exact) mass is 219 g/mol. The van der Waals surface area contributed by atoms with Crippen LogP contribution >= 0.6 is 0 Å². The molecule has 0 radical (unpaired) electrons. The lowest BCUT2D eigenvalue weighted by atomic mass is 9.96. The van der Waals surface area contributed by atoms with Gasteiger partial charge in [-0.3, -0.25) is 9.59 Å². The number of amides is 1. The van der Waals surface area contributed by atoms with E-state index >= 15 is 0 Å². The maximum Gasteiger partial charge on any atom is 0.227 e. The Bertz CT molecular complexity index is 359. The van der Waals surface area contributed by atoms with E-state index in [1.54, 1.807) is 0 Å². The summed E-state index contributed by atoms with van der Waals surface area (Å²) in [7, 11) is 0. The van der Waals surface area contributed by atoms with Gasteiger partial charge in [0.25, 0.3) is 0 Å². The summed E-state index contributed by atoms with van der Waals surface area (Å²) in [4.78, 5) is 22.6. The highest BCUT2D eigenvalue weighted by Gasteiger charge is 2.17. The highest BCUT2D eigenvalue weighted by molar-refractivity contribution is 5.88. The lowest BCUT2D eigenvalue weighted by Gasteiger charge is -2.14. The number of hydrogen-bond donors (Lipinski definition) is 1. The van der Waals surface area contributed by atoms with Crippen molar-refractivity contribution in [3.63, 3.8) is 0 Å². The van der Waals surface area contributed by atoms with Gasteiger partial charge in [0.2, 0.25) is 5.91 Å². The van der Waals surface area contributed by atoms with Crippen LogP contribution < -0.4 is 5.32 Å². The Morgan fingerprint density at radius 2 is 1.88 bits per heavy atom. The van der Waals surface area contributed by atoms with Gasteiger partial charge in [0, 0.05) is 0 Å². The Balaban J connectivity index is 2.68. The lowest BCUT2D eigenvalue weighted by molar-refractivity contribution is -0.125. The van der Waals surface area contributed by atoms with Crippen LogP contribution in [0.4, 0.5) is 0 Å². The molecule has 1 aromatic rings. The molecular formula is C13H17NO2. The number of nitrogens with one attached hydrogen (secondary N) is 1. The second-order valence-electron chi connectivity index (χ2n) is 3.79. The number of carbonyl (C=O) groups excluding carboxylic acids is 2. The molecule has 0 saturated heterocycles. The van der Waals surface area contributed by atoms with Crippen LogP contribution in [0, 0.1) is 0 Å². The summed E-state index contributed by atoms with van der Waals surface area (Å²) in [6.45, 7) is 3.54. The first-order valence-electron chi connectivity index (χ1n) is 5.47. The second-order valence-corrected chi connectivity index (χ2v) is 3.79. The number of ketones is 1. The van der Waals surface area contributed by atoms with E-state index in [4.69, 9.17) is 0 Å². The zero-order chi connectivity index (χ0) is 12.0. The molecule has 0 fully saturated rings. The highest BCUT2D eigenvalue weighted by atomic mass is 16.2. The average Bonchev–Trinajstić information content (AvgIpc) is 2.29. The largest absolute Gasteiger partial charge is 0.349 e. The van der Waals surface area contributed by atoms with Crippen molar-refractivity contribution in [1.29, 1.82) is 0 Å². The third kappa shape index (κ3) is 3.50. The fourth-order valence-corrected chi connectivity index (χ4v) is 1.59. The molecule has 0 heterocycles. The molecule has 0 aromatic heterocycles. The standard InChI is InChI=1S/C13H17NO2/c1-3-12(11-7-5-4-6-8-11)13(16)14-9-10(2)15/h4-8,12H,3,9H2,1-2H3,(H,14,16). The lowest BCUT2D eigenvalue weighted by Crippen LogP contribution is -2.32. The van der Waals surface area contributed by atoms with E-state index in [2.05, 4.69) is 5.32 Å². The van der Waals surface area contributed by atoms with Gasteiger partial charge in [-0.1, -0.05) is 37.3 Å². The van der Waals surface area contributed by atoms with Gasteiger partial charge in [-0.25, -0.2) is 0 Å². The number of hydrogen-bond acceptors (Lipinski definition) is 2. The van der Waals surface area contributed by atoms with Crippen molar-refractivity contribution in [2.75, 3.05) is 6.54 Å². The van der Waals surface area contributed by atoms with E-state index in [0.29, 0.717) is 0 Å². The Hall–Kier alpha value is -1.64. The SMILES string of the molecule is CCC(C(=O)NCC(C)=O)c1ccccc1. The molecular weight excluding hydrogens is 202 g/mol. The molecule has 3 nitrogen and oxygen atoms in total. The van der Waals surface area contributed by atoms with Crippen molar-refractivity contribution in [2.45, 2.75) is 26.2 Å². The molecule has 3 heteroatoms. The first kappa shape index (κ1) is 12.4. The minimum atomic E-state index is -0.166. The molecule has 0 aliphatic rings. The van der Waals surface area contributed by atoms with Crippen LogP contribution in [0.25, 0.3) is 0 Å². The van der Waals surface area contributed by atoms with Crippen LogP contribution in [0.2, 0.25) is 0 Å². The maximum absolute atomic E-state index is 11.8. The summed E-state index contributed by atoms with van der Waals surface area (Å²) >= 11 is 0. The minimum absolute atomic E-state index is 0.0312. The molecule has 1 rings (SSSR count). The predicted molar refractivity (Wildman–Crippen MR) is 63.2 cm³/mol. The number of benzene rings is 1. The van der Waals surface area contributed by atoms with Gasteiger partial charge in [0.05, 0.1) is 12.5 Å². The van der Waals surface area contributed by atoms with E-state index in [0.717, 1.165) is 12.0 Å². The van der Waals surface area contributed by atoms with E-state index in [-0.39, 0.29) is 24.2 Å². The maximum atomic E-state index is 11.8. The van der Waals surface area contributed by atoms with E-state index in [1.807, 2.05) is 37.3 Å². The van der Waals surface area contributed by atoms with Crippen LogP contribution in [-0.4, -0.2) is 18.2 Å². The fourth-order valence-electron chi connectivity index (χ4n) is 1.59. The topological polar surface area (TPSA) is 46.2 Å².